The van der Waals surface area contributed by atoms with Gasteiger partial charge in [-0.3, -0.25) is 0 Å². The molecule has 0 nitrogen and oxygen atoms in total. The van der Waals surface area contributed by atoms with Crippen LogP contribution in [0.3, 0.4) is 0 Å². The van der Waals surface area contributed by atoms with E-state index in [2.05, 4.69) is 13.0 Å². The first-order chi connectivity index (χ1) is 4.77. The fourth-order valence-electron chi connectivity index (χ4n) is 1.52. The molecule has 1 aliphatic rings. The molecule has 10 heavy (non-hydrogen) atoms. The number of thiophene rings is 1. The van der Waals surface area contributed by atoms with Crippen LogP contribution in [-0.4, -0.2) is 0 Å². The molecule has 1 aromatic heterocycles. The Hall–Kier alpha value is -0.0100. The van der Waals surface area contributed by atoms with E-state index in [1.54, 1.807) is 11.3 Å². The Balaban J connectivity index is 2.49. The Morgan fingerprint density at radius 1 is 1.70 bits per heavy atom. The fourth-order valence-corrected chi connectivity index (χ4v) is 2.94. The van der Waals surface area contributed by atoms with Gasteiger partial charge in [-0.15, -0.1) is 11.3 Å². The van der Waals surface area contributed by atoms with E-state index in [4.69, 9.17) is 11.6 Å². The smallest absolute Gasteiger partial charge is 0.0934 e. The molecule has 1 heterocycles. The number of hydrogen-bond acceptors (Lipinski definition) is 1. The molecule has 2 rings (SSSR count). The van der Waals surface area contributed by atoms with Gasteiger partial charge < -0.3 is 0 Å². The third-order valence-electron chi connectivity index (χ3n) is 2.15. The molecule has 1 aliphatic carbocycles. The first-order valence-electron chi connectivity index (χ1n) is 3.55. The van der Waals surface area contributed by atoms with Gasteiger partial charge in [-0.1, -0.05) is 18.5 Å². The maximum absolute atomic E-state index is 5.86. The molecule has 0 saturated heterocycles. The summed E-state index contributed by atoms with van der Waals surface area (Å²) in [4.78, 5) is 1.51. The molecule has 0 fully saturated rings. The predicted molar refractivity (Wildman–Crippen MR) is 46.1 cm³/mol. The van der Waals surface area contributed by atoms with Crippen molar-refractivity contribution in [2.45, 2.75) is 25.7 Å². The van der Waals surface area contributed by atoms with Crippen LogP contribution in [-0.2, 0) is 6.42 Å². The molecule has 1 aromatic rings. The van der Waals surface area contributed by atoms with E-state index in [9.17, 15) is 0 Å². The Bertz CT molecular complexity index is 252. The van der Waals surface area contributed by atoms with E-state index in [0.717, 1.165) is 10.3 Å². The average molecular weight is 173 g/mol. The molecular weight excluding hydrogens is 164 g/mol. The van der Waals surface area contributed by atoms with Gasteiger partial charge in [-0.2, -0.15) is 0 Å². The summed E-state index contributed by atoms with van der Waals surface area (Å²) in [5, 5.41) is 0. The average Bonchev–Trinajstić information content (AvgIpc) is 2.35. The molecule has 0 aromatic carbocycles. The Morgan fingerprint density at radius 2 is 2.50 bits per heavy atom. The highest BCUT2D eigenvalue weighted by atomic mass is 35.5. The monoisotopic (exact) mass is 172 g/mol. The highest BCUT2D eigenvalue weighted by Gasteiger charge is 2.20. The summed E-state index contributed by atoms with van der Waals surface area (Å²) in [5.41, 5.74) is 1.50. The molecule has 0 aliphatic heterocycles. The lowest BCUT2D eigenvalue weighted by atomic mass is 10.1. The minimum absolute atomic E-state index is 0.749. The third-order valence-corrected chi connectivity index (χ3v) is 3.49. The van der Waals surface area contributed by atoms with Gasteiger partial charge in [0.2, 0.25) is 0 Å². The van der Waals surface area contributed by atoms with Gasteiger partial charge in [-0.25, -0.2) is 0 Å². The van der Waals surface area contributed by atoms with Crippen molar-refractivity contribution in [2.24, 2.45) is 0 Å². The zero-order valence-corrected chi connectivity index (χ0v) is 7.43. The first kappa shape index (κ1) is 6.68. The van der Waals surface area contributed by atoms with E-state index in [-0.39, 0.29) is 0 Å². The van der Waals surface area contributed by atoms with Crippen LogP contribution in [0.1, 0.15) is 29.7 Å². The van der Waals surface area contributed by atoms with Crippen molar-refractivity contribution in [2.75, 3.05) is 0 Å². The van der Waals surface area contributed by atoms with Gasteiger partial charge in [0, 0.05) is 4.88 Å². The zero-order valence-electron chi connectivity index (χ0n) is 5.86. The summed E-state index contributed by atoms with van der Waals surface area (Å²) in [7, 11) is 0. The largest absolute Gasteiger partial charge is 0.128 e. The lowest BCUT2D eigenvalue weighted by molar-refractivity contribution is 0.747. The van der Waals surface area contributed by atoms with Crippen LogP contribution < -0.4 is 0 Å². The van der Waals surface area contributed by atoms with Gasteiger partial charge in [0.1, 0.15) is 0 Å². The number of aryl methyl sites for hydroxylation is 1. The topological polar surface area (TPSA) is 0 Å². The number of fused-ring (bicyclic) bond motifs is 1. The second-order valence-electron chi connectivity index (χ2n) is 2.87. The molecule has 54 valence electrons. The lowest BCUT2D eigenvalue weighted by Crippen LogP contribution is -1.80. The molecule has 0 amide bonds. The molecule has 0 unspecified atom stereocenters. The van der Waals surface area contributed by atoms with Crippen molar-refractivity contribution in [3.63, 3.8) is 0 Å². The van der Waals surface area contributed by atoms with E-state index in [1.165, 1.54) is 23.3 Å². The van der Waals surface area contributed by atoms with Crippen molar-refractivity contribution >= 4 is 22.9 Å². The van der Waals surface area contributed by atoms with Crippen molar-refractivity contribution in [1.29, 1.82) is 0 Å². The molecule has 0 bridgehead atoms. The van der Waals surface area contributed by atoms with Gasteiger partial charge in [0.15, 0.2) is 0 Å². The van der Waals surface area contributed by atoms with E-state index in [1.807, 2.05) is 0 Å². The van der Waals surface area contributed by atoms with E-state index >= 15 is 0 Å². The normalized spacial score (nSPS) is 23.2. The summed E-state index contributed by atoms with van der Waals surface area (Å²) in [6.07, 6.45) is 2.56. The van der Waals surface area contributed by atoms with Crippen LogP contribution in [0.2, 0.25) is 4.34 Å². The Morgan fingerprint density at radius 3 is 3.20 bits per heavy atom. The van der Waals surface area contributed by atoms with E-state index < -0.39 is 0 Å². The van der Waals surface area contributed by atoms with Crippen LogP contribution in [0.15, 0.2) is 6.07 Å². The van der Waals surface area contributed by atoms with E-state index in [0.29, 0.717) is 0 Å². The van der Waals surface area contributed by atoms with Gasteiger partial charge in [0.05, 0.1) is 4.34 Å². The van der Waals surface area contributed by atoms with Crippen LogP contribution in [0.4, 0.5) is 0 Å². The van der Waals surface area contributed by atoms with Crippen molar-refractivity contribution < 1.29 is 0 Å². The Labute approximate surface area is 69.8 Å². The molecular formula is C8H9ClS. The Kier molecular flexibility index (Phi) is 1.50. The summed E-state index contributed by atoms with van der Waals surface area (Å²) < 4.78 is 0.955. The van der Waals surface area contributed by atoms with Crippen LogP contribution in [0.25, 0.3) is 0 Å². The van der Waals surface area contributed by atoms with Crippen molar-refractivity contribution in [3.05, 3.63) is 20.8 Å². The maximum Gasteiger partial charge on any atom is 0.0934 e. The number of rotatable bonds is 0. The van der Waals surface area contributed by atoms with Gasteiger partial charge in [0.25, 0.3) is 0 Å². The van der Waals surface area contributed by atoms with Crippen LogP contribution >= 0.6 is 22.9 Å². The number of halogens is 1. The number of hydrogen-bond donors (Lipinski definition) is 0. The summed E-state index contributed by atoms with van der Waals surface area (Å²) in [6.45, 7) is 2.27. The highest BCUT2D eigenvalue weighted by molar-refractivity contribution is 7.16. The fraction of sp³-hybridized carbons (Fsp3) is 0.500. The summed E-state index contributed by atoms with van der Waals surface area (Å²) >= 11 is 7.61. The quantitative estimate of drug-likeness (QED) is 0.563. The first-order valence-corrected chi connectivity index (χ1v) is 4.75. The van der Waals surface area contributed by atoms with Gasteiger partial charge in [-0.05, 0) is 30.4 Å². The molecule has 0 radical (unpaired) electrons. The second kappa shape index (κ2) is 2.24. The molecule has 2 heteroatoms. The predicted octanol–water partition coefficient (Wildman–Crippen LogP) is 3.45. The van der Waals surface area contributed by atoms with Crippen molar-refractivity contribution in [3.8, 4) is 0 Å². The minimum atomic E-state index is 0.749. The SMILES string of the molecule is C[C@@H]1CCc2sc(Cl)cc21. The maximum atomic E-state index is 5.86. The molecule has 1 atom stereocenters. The molecule has 0 saturated carbocycles. The summed E-state index contributed by atoms with van der Waals surface area (Å²) in [5.74, 6) is 0.749. The second-order valence-corrected chi connectivity index (χ2v) is 4.64. The lowest BCUT2D eigenvalue weighted by Gasteiger charge is -1.96. The minimum Gasteiger partial charge on any atom is -0.128 e. The third kappa shape index (κ3) is 0.886. The molecule has 0 N–H and O–H groups in total. The zero-order chi connectivity index (χ0) is 7.14. The summed E-state index contributed by atoms with van der Waals surface area (Å²) in [6, 6.07) is 2.12. The highest BCUT2D eigenvalue weighted by Crippen LogP contribution is 2.39. The standard InChI is InChI=1S/C8H9ClS/c1-5-2-3-7-6(5)4-8(9)10-7/h4-5H,2-3H2,1H3/t5-/m1/s1. The van der Waals surface area contributed by atoms with Crippen molar-refractivity contribution in [1.82, 2.24) is 0 Å². The van der Waals surface area contributed by atoms with Gasteiger partial charge >= 0.3 is 0 Å². The molecule has 0 spiro atoms. The van der Waals surface area contributed by atoms with Crippen LogP contribution in [0.5, 0.6) is 0 Å². The van der Waals surface area contributed by atoms with Crippen LogP contribution in [0, 0.1) is 0 Å².